The highest BCUT2D eigenvalue weighted by atomic mass is 28.3. The van der Waals surface area contributed by atoms with Crippen molar-refractivity contribution in [2.75, 3.05) is 13.2 Å². The van der Waals surface area contributed by atoms with E-state index < -0.39 is 9.28 Å². The van der Waals surface area contributed by atoms with Crippen LogP contribution in [0.1, 0.15) is 46.5 Å². The lowest BCUT2D eigenvalue weighted by atomic mass is 9.70. The molecule has 0 bridgehead atoms. The van der Waals surface area contributed by atoms with E-state index in [0.29, 0.717) is 0 Å². The lowest BCUT2D eigenvalue weighted by molar-refractivity contribution is 0.157. The highest BCUT2D eigenvalue weighted by molar-refractivity contribution is 6.48. The fraction of sp³-hybridized carbons (Fsp3) is 0.733. The van der Waals surface area contributed by atoms with E-state index in [9.17, 15) is 0 Å². The topological polar surface area (TPSA) is 18.5 Å². The lowest BCUT2D eigenvalue weighted by Gasteiger charge is -2.44. The quantitative estimate of drug-likeness (QED) is 0.514. The van der Waals surface area contributed by atoms with E-state index in [-0.39, 0.29) is 10.5 Å². The van der Waals surface area contributed by atoms with Crippen LogP contribution < -0.4 is 0 Å². The number of allylic oxidation sites excluding steroid dienone is 2. The molecular formula is C15H28O2Si. The first-order valence-electron chi connectivity index (χ1n) is 7.06. The van der Waals surface area contributed by atoms with Gasteiger partial charge in [0, 0.05) is 23.7 Å². The summed E-state index contributed by atoms with van der Waals surface area (Å²) in [6.45, 7) is 15.9. The molecule has 0 unspecified atom stereocenters. The van der Waals surface area contributed by atoms with Crippen LogP contribution in [0, 0.1) is 5.41 Å². The standard InChI is InChI=1S/C15H28O2Si/c1-6-15(7-2)12-10-14(5,11-13-15)18(16-8-3)17-9-4/h6-7,18H,1-2,8-13H2,3-5H3. The molecule has 2 nitrogen and oxygen atoms in total. The average Bonchev–Trinajstić information content (AvgIpc) is 2.40. The Balaban J connectivity index is 2.72. The van der Waals surface area contributed by atoms with Gasteiger partial charge < -0.3 is 8.85 Å². The predicted molar refractivity (Wildman–Crippen MR) is 80.1 cm³/mol. The first-order chi connectivity index (χ1) is 8.55. The van der Waals surface area contributed by atoms with E-state index >= 15 is 0 Å². The molecule has 1 aliphatic rings. The van der Waals surface area contributed by atoms with Crippen molar-refractivity contribution >= 4 is 9.28 Å². The Morgan fingerprint density at radius 2 is 1.44 bits per heavy atom. The summed E-state index contributed by atoms with van der Waals surface area (Å²) in [5.74, 6) is 0. The van der Waals surface area contributed by atoms with Crippen molar-refractivity contribution in [3.63, 3.8) is 0 Å². The van der Waals surface area contributed by atoms with Gasteiger partial charge in [0.1, 0.15) is 0 Å². The monoisotopic (exact) mass is 268 g/mol. The molecule has 0 spiro atoms. The second-order valence-electron chi connectivity index (χ2n) is 5.54. The molecule has 0 N–H and O–H groups in total. The fourth-order valence-corrected chi connectivity index (χ4v) is 5.03. The average molecular weight is 268 g/mol. The van der Waals surface area contributed by atoms with Gasteiger partial charge in [-0.1, -0.05) is 19.1 Å². The second-order valence-corrected chi connectivity index (χ2v) is 8.26. The molecule has 0 aromatic heterocycles. The summed E-state index contributed by atoms with van der Waals surface area (Å²) in [5.41, 5.74) is 0.136. The summed E-state index contributed by atoms with van der Waals surface area (Å²) in [6, 6.07) is 0. The molecule has 0 aromatic rings. The minimum atomic E-state index is -1.58. The third-order valence-corrected chi connectivity index (χ3v) is 7.33. The predicted octanol–water partition coefficient (Wildman–Crippen LogP) is 3.97. The minimum Gasteiger partial charge on any atom is -0.397 e. The summed E-state index contributed by atoms with van der Waals surface area (Å²) in [7, 11) is -1.58. The maximum absolute atomic E-state index is 5.93. The van der Waals surface area contributed by atoms with Gasteiger partial charge in [0.25, 0.3) is 0 Å². The molecule has 0 heterocycles. The van der Waals surface area contributed by atoms with Gasteiger partial charge in [-0.25, -0.2) is 0 Å². The van der Waals surface area contributed by atoms with Crippen molar-refractivity contribution in [2.24, 2.45) is 5.41 Å². The Bertz CT molecular complexity index is 264. The van der Waals surface area contributed by atoms with Gasteiger partial charge in [-0.3, -0.25) is 0 Å². The van der Waals surface area contributed by atoms with Crippen molar-refractivity contribution in [2.45, 2.75) is 51.5 Å². The molecule has 0 saturated heterocycles. The van der Waals surface area contributed by atoms with E-state index in [1.54, 1.807) is 0 Å². The summed E-state index contributed by atoms with van der Waals surface area (Å²) in [4.78, 5) is 0. The number of hydrogen-bond donors (Lipinski definition) is 0. The maximum atomic E-state index is 5.93. The Hall–Kier alpha value is -0.383. The van der Waals surface area contributed by atoms with Crippen LogP contribution in [0.5, 0.6) is 0 Å². The maximum Gasteiger partial charge on any atom is 0.327 e. The molecule has 104 valence electrons. The van der Waals surface area contributed by atoms with Gasteiger partial charge in [0.2, 0.25) is 0 Å². The normalized spacial score (nSPS) is 21.8. The molecular weight excluding hydrogens is 240 g/mol. The molecule has 1 aliphatic carbocycles. The third kappa shape index (κ3) is 3.34. The number of rotatable bonds is 7. The highest BCUT2D eigenvalue weighted by Crippen LogP contribution is 2.52. The molecule has 0 aliphatic heterocycles. The summed E-state index contributed by atoms with van der Waals surface area (Å²) in [6.07, 6.45) is 8.69. The van der Waals surface area contributed by atoms with Crippen molar-refractivity contribution in [1.82, 2.24) is 0 Å². The summed E-state index contributed by atoms with van der Waals surface area (Å²) in [5, 5.41) is 0.252. The first-order valence-corrected chi connectivity index (χ1v) is 8.58. The molecule has 0 radical (unpaired) electrons. The molecule has 1 rings (SSSR count). The van der Waals surface area contributed by atoms with E-state index in [4.69, 9.17) is 8.85 Å². The minimum absolute atomic E-state index is 0.136. The molecule has 18 heavy (non-hydrogen) atoms. The van der Waals surface area contributed by atoms with Gasteiger partial charge >= 0.3 is 9.28 Å². The van der Waals surface area contributed by atoms with Crippen molar-refractivity contribution in [1.29, 1.82) is 0 Å². The lowest BCUT2D eigenvalue weighted by Crippen LogP contribution is -2.41. The Kier molecular flexibility index (Phi) is 5.82. The van der Waals surface area contributed by atoms with Crippen LogP contribution in [-0.2, 0) is 8.85 Å². The van der Waals surface area contributed by atoms with Gasteiger partial charge in [-0.05, 0) is 39.5 Å². The van der Waals surface area contributed by atoms with Crippen molar-refractivity contribution < 1.29 is 8.85 Å². The van der Waals surface area contributed by atoms with E-state index in [1.807, 2.05) is 0 Å². The van der Waals surface area contributed by atoms with Crippen LogP contribution in [-0.4, -0.2) is 22.5 Å². The Morgan fingerprint density at radius 3 is 1.78 bits per heavy atom. The largest absolute Gasteiger partial charge is 0.397 e. The Labute approximate surface area is 114 Å². The molecule has 0 aromatic carbocycles. The molecule has 1 fully saturated rings. The van der Waals surface area contributed by atoms with Crippen molar-refractivity contribution in [3.05, 3.63) is 25.3 Å². The Morgan fingerprint density at radius 1 is 1.00 bits per heavy atom. The SMILES string of the molecule is C=CC1(C=C)CCC(C)([SiH](OCC)OCC)CC1. The van der Waals surface area contributed by atoms with E-state index in [1.165, 1.54) is 0 Å². The van der Waals surface area contributed by atoms with Crippen LogP contribution in [0.4, 0.5) is 0 Å². The van der Waals surface area contributed by atoms with Crippen LogP contribution in [0.15, 0.2) is 25.3 Å². The van der Waals surface area contributed by atoms with E-state index in [2.05, 4.69) is 46.1 Å². The molecule has 0 amide bonds. The fourth-order valence-electron chi connectivity index (χ4n) is 2.77. The van der Waals surface area contributed by atoms with Gasteiger partial charge in [0.05, 0.1) is 0 Å². The zero-order valence-electron chi connectivity index (χ0n) is 12.2. The summed E-state index contributed by atoms with van der Waals surface area (Å²) < 4.78 is 11.9. The van der Waals surface area contributed by atoms with Crippen LogP contribution in [0.25, 0.3) is 0 Å². The second kappa shape index (κ2) is 6.69. The zero-order valence-corrected chi connectivity index (χ0v) is 13.4. The summed E-state index contributed by atoms with van der Waals surface area (Å²) >= 11 is 0. The van der Waals surface area contributed by atoms with Crippen molar-refractivity contribution in [3.8, 4) is 0 Å². The molecule has 0 atom stereocenters. The molecule has 1 saturated carbocycles. The third-order valence-electron chi connectivity index (χ3n) is 4.34. The van der Waals surface area contributed by atoms with Crippen LogP contribution in [0.2, 0.25) is 5.04 Å². The van der Waals surface area contributed by atoms with Gasteiger partial charge in [0.15, 0.2) is 0 Å². The van der Waals surface area contributed by atoms with E-state index in [0.717, 1.165) is 38.9 Å². The first kappa shape index (κ1) is 15.7. The van der Waals surface area contributed by atoms with Gasteiger partial charge in [-0.15, -0.1) is 13.2 Å². The van der Waals surface area contributed by atoms with Crippen LogP contribution in [0.3, 0.4) is 0 Å². The highest BCUT2D eigenvalue weighted by Gasteiger charge is 2.44. The van der Waals surface area contributed by atoms with Crippen LogP contribution >= 0.6 is 0 Å². The zero-order chi connectivity index (χ0) is 13.6. The van der Waals surface area contributed by atoms with Gasteiger partial charge in [-0.2, -0.15) is 0 Å². The molecule has 3 heteroatoms. The smallest absolute Gasteiger partial charge is 0.327 e. The number of hydrogen-bond acceptors (Lipinski definition) is 2.